The maximum absolute atomic E-state index is 12.4. The Labute approximate surface area is 127 Å². The monoisotopic (exact) mass is 290 g/mol. The smallest absolute Gasteiger partial charge is 0.253 e. The van der Waals surface area contributed by atoms with Gasteiger partial charge >= 0.3 is 0 Å². The molecule has 1 amide bonds. The normalized spacial score (nSPS) is 17.0. The summed E-state index contributed by atoms with van der Waals surface area (Å²) in [7, 11) is 0. The van der Waals surface area contributed by atoms with Gasteiger partial charge in [-0.2, -0.15) is 0 Å². The van der Waals surface area contributed by atoms with Crippen molar-refractivity contribution in [3.8, 4) is 0 Å². The first-order chi connectivity index (χ1) is 9.89. The molecule has 0 saturated carbocycles. The first kappa shape index (κ1) is 16.0. The van der Waals surface area contributed by atoms with Crippen molar-refractivity contribution in [3.05, 3.63) is 35.4 Å². The van der Waals surface area contributed by atoms with Gasteiger partial charge in [0.25, 0.3) is 5.91 Å². The molecule has 2 rings (SSSR count). The average Bonchev–Trinajstić information content (AvgIpc) is 2.46. The van der Waals surface area contributed by atoms with Gasteiger partial charge in [-0.25, -0.2) is 0 Å². The summed E-state index contributed by atoms with van der Waals surface area (Å²) in [4.78, 5) is 16.6. The number of hydrogen-bond donors (Lipinski definition) is 1. The van der Waals surface area contributed by atoms with Crippen molar-refractivity contribution in [2.75, 3.05) is 32.7 Å². The zero-order valence-corrected chi connectivity index (χ0v) is 13.3. The van der Waals surface area contributed by atoms with E-state index in [-0.39, 0.29) is 5.91 Å². The summed E-state index contributed by atoms with van der Waals surface area (Å²) in [5.41, 5.74) is 1.34. The van der Waals surface area contributed by atoms with Gasteiger partial charge in [-0.05, 0) is 38.0 Å². The van der Waals surface area contributed by atoms with Gasteiger partial charge in [0.1, 0.15) is 0 Å². The van der Waals surface area contributed by atoms with Gasteiger partial charge in [-0.3, -0.25) is 9.69 Å². The molecule has 1 aliphatic heterocycles. The van der Waals surface area contributed by atoms with Crippen LogP contribution >= 0.6 is 0 Å². The summed E-state index contributed by atoms with van der Waals surface area (Å²) in [6, 6.07) is 7.89. The van der Waals surface area contributed by atoms with E-state index in [9.17, 15) is 9.90 Å². The van der Waals surface area contributed by atoms with Gasteiger partial charge in [0.05, 0.1) is 5.60 Å². The molecule has 1 fully saturated rings. The van der Waals surface area contributed by atoms with Crippen molar-refractivity contribution in [2.45, 2.75) is 32.8 Å². The van der Waals surface area contributed by atoms with E-state index in [2.05, 4.69) is 11.8 Å². The SMILES string of the molecule is CCc1ccc(C(=O)N2CCN(CC(C)(C)O)CC2)cc1. The number of carbonyl (C=O) groups is 1. The summed E-state index contributed by atoms with van der Waals surface area (Å²) >= 11 is 0. The van der Waals surface area contributed by atoms with Crippen molar-refractivity contribution >= 4 is 5.91 Å². The summed E-state index contributed by atoms with van der Waals surface area (Å²) < 4.78 is 0. The standard InChI is InChI=1S/C17H26N2O2/c1-4-14-5-7-15(8-6-14)16(20)19-11-9-18(10-12-19)13-17(2,3)21/h5-8,21H,4,9-13H2,1-3H3. The van der Waals surface area contributed by atoms with Crippen molar-refractivity contribution < 1.29 is 9.90 Å². The molecule has 1 aliphatic rings. The molecule has 1 aromatic carbocycles. The number of aryl methyl sites for hydroxylation is 1. The minimum absolute atomic E-state index is 0.112. The minimum Gasteiger partial charge on any atom is -0.389 e. The van der Waals surface area contributed by atoms with Crippen LogP contribution in [-0.4, -0.2) is 59.1 Å². The van der Waals surface area contributed by atoms with Crippen molar-refractivity contribution in [1.29, 1.82) is 0 Å². The van der Waals surface area contributed by atoms with Gasteiger partial charge in [-0.1, -0.05) is 19.1 Å². The number of β-amino-alcohol motifs (C(OH)–C–C–N with tert-alkyl or cyclic N) is 1. The van der Waals surface area contributed by atoms with Gasteiger partial charge in [-0.15, -0.1) is 0 Å². The Bertz CT molecular complexity index is 469. The fourth-order valence-electron chi connectivity index (χ4n) is 2.72. The van der Waals surface area contributed by atoms with Gasteiger partial charge < -0.3 is 10.0 Å². The van der Waals surface area contributed by atoms with Gasteiger partial charge in [0.15, 0.2) is 0 Å². The predicted octanol–water partition coefficient (Wildman–Crippen LogP) is 1.78. The maximum atomic E-state index is 12.4. The molecule has 0 atom stereocenters. The largest absolute Gasteiger partial charge is 0.389 e. The van der Waals surface area contributed by atoms with Crippen LogP contribution in [0.3, 0.4) is 0 Å². The highest BCUT2D eigenvalue weighted by atomic mass is 16.3. The van der Waals surface area contributed by atoms with E-state index >= 15 is 0 Å². The highest BCUT2D eigenvalue weighted by Crippen LogP contribution is 2.12. The van der Waals surface area contributed by atoms with E-state index in [0.29, 0.717) is 6.54 Å². The molecule has 1 N–H and O–H groups in total. The molecule has 0 aliphatic carbocycles. The molecule has 0 spiro atoms. The van der Waals surface area contributed by atoms with E-state index in [4.69, 9.17) is 0 Å². The minimum atomic E-state index is -0.678. The molecule has 4 nitrogen and oxygen atoms in total. The first-order valence-electron chi connectivity index (χ1n) is 7.72. The molecule has 0 radical (unpaired) electrons. The van der Waals surface area contributed by atoms with Crippen LogP contribution < -0.4 is 0 Å². The lowest BCUT2D eigenvalue weighted by atomic mass is 10.1. The fraction of sp³-hybridized carbons (Fsp3) is 0.588. The van der Waals surface area contributed by atoms with E-state index in [1.54, 1.807) is 0 Å². The average molecular weight is 290 g/mol. The Hall–Kier alpha value is -1.39. The van der Waals surface area contributed by atoms with Crippen molar-refractivity contribution in [3.63, 3.8) is 0 Å². The Morgan fingerprint density at radius 1 is 1.14 bits per heavy atom. The lowest BCUT2D eigenvalue weighted by Crippen LogP contribution is -2.51. The van der Waals surface area contributed by atoms with Gasteiger partial charge in [0, 0.05) is 38.3 Å². The third-order valence-corrected chi connectivity index (χ3v) is 3.88. The molecule has 0 aromatic heterocycles. The second-order valence-electron chi connectivity index (χ2n) is 6.43. The summed E-state index contributed by atoms with van der Waals surface area (Å²) in [6.07, 6.45) is 0.990. The maximum Gasteiger partial charge on any atom is 0.253 e. The number of hydrogen-bond acceptors (Lipinski definition) is 3. The predicted molar refractivity (Wildman–Crippen MR) is 84.5 cm³/mol. The van der Waals surface area contributed by atoms with Crippen molar-refractivity contribution in [2.24, 2.45) is 0 Å². The van der Waals surface area contributed by atoms with Crippen LogP contribution in [0.5, 0.6) is 0 Å². The third-order valence-electron chi connectivity index (χ3n) is 3.88. The Morgan fingerprint density at radius 3 is 2.19 bits per heavy atom. The van der Waals surface area contributed by atoms with Crippen LogP contribution in [0.15, 0.2) is 24.3 Å². The zero-order chi connectivity index (χ0) is 15.5. The van der Waals surface area contributed by atoms with Crippen LogP contribution in [0.2, 0.25) is 0 Å². The quantitative estimate of drug-likeness (QED) is 0.919. The molecule has 1 saturated heterocycles. The molecule has 0 bridgehead atoms. The number of nitrogens with zero attached hydrogens (tertiary/aromatic N) is 2. The fourth-order valence-corrected chi connectivity index (χ4v) is 2.72. The van der Waals surface area contributed by atoms with Crippen LogP contribution in [0.4, 0.5) is 0 Å². The number of amides is 1. The van der Waals surface area contributed by atoms with E-state index in [1.807, 2.05) is 43.0 Å². The summed E-state index contributed by atoms with van der Waals surface area (Å²) in [6.45, 7) is 9.50. The molecular weight excluding hydrogens is 264 g/mol. The number of benzene rings is 1. The van der Waals surface area contributed by atoms with E-state index in [0.717, 1.165) is 38.2 Å². The van der Waals surface area contributed by atoms with E-state index < -0.39 is 5.60 Å². The van der Waals surface area contributed by atoms with Crippen molar-refractivity contribution in [1.82, 2.24) is 9.80 Å². The molecular formula is C17H26N2O2. The Balaban J connectivity index is 1.90. The lowest BCUT2D eigenvalue weighted by molar-refractivity contribution is 0.0178. The Kier molecular flexibility index (Phi) is 5.01. The number of rotatable bonds is 4. The lowest BCUT2D eigenvalue weighted by Gasteiger charge is -2.37. The molecule has 1 heterocycles. The molecule has 116 valence electrons. The molecule has 21 heavy (non-hydrogen) atoms. The van der Waals surface area contributed by atoms with E-state index in [1.165, 1.54) is 5.56 Å². The number of piperazine rings is 1. The molecule has 4 heteroatoms. The van der Waals surface area contributed by atoms with Gasteiger partial charge in [0.2, 0.25) is 0 Å². The molecule has 1 aromatic rings. The highest BCUT2D eigenvalue weighted by molar-refractivity contribution is 5.94. The Morgan fingerprint density at radius 2 is 1.71 bits per heavy atom. The number of carbonyl (C=O) groups excluding carboxylic acids is 1. The summed E-state index contributed by atoms with van der Waals surface area (Å²) in [5.74, 6) is 0.112. The number of aliphatic hydroxyl groups is 1. The first-order valence-corrected chi connectivity index (χ1v) is 7.72. The van der Waals surface area contributed by atoms with Crippen LogP contribution in [0.25, 0.3) is 0 Å². The molecule has 0 unspecified atom stereocenters. The van der Waals surface area contributed by atoms with Crippen LogP contribution in [0.1, 0.15) is 36.7 Å². The summed E-state index contributed by atoms with van der Waals surface area (Å²) in [5, 5.41) is 9.85. The highest BCUT2D eigenvalue weighted by Gasteiger charge is 2.25. The zero-order valence-electron chi connectivity index (χ0n) is 13.3. The second-order valence-corrected chi connectivity index (χ2v) is 6.43. The third kappa shape index (κ3) is 4.55. The topological polar surface area (TPSA) is 43.8 Å². The second kappa shape index (κ2) is 6.58. The van der Waals surface area contributed by atoms with Crippen LogP contribution in [-0.2, 0) is 6.42 Å². The van der Waals surface area contributed by atoms with Crippen LogP contribution in [0, 0.1) is 0 Å².